The minimum absolute atomic E-state index is 0.261. The third-order valence-corrected chi connectivity index (χ3v) is 4.88. The third kappa shape index (κ3) is 3.86. The topological polar surface area (TPSA) is 90.0 Å². The van der Waals surface area contributed by atoms with Crippen LogP contribution in [0.3, 0.4) is 0 Å². The van der Waals surface area contributed by atoms with Crippen molar-refractivity contribution in [3.05, 3.63) is 72.4 Å². The molecule has 1 aliphatic heterocycles. The molecule has 7 heteroatoms. The molecular weight excluding hydrogens is 368 g/mol. The molecule has 0 bridgehead atoms. The van der Waals surface area contributed by atoms with Gasteiger partial charge in [0.05, 0.1) is 12.8 Å². The number of hydrogen-bond acceptors (Lipinski definition) is 5. The van der Waals surface area contributed by atoms with Crippen molar-refractivity contribution < 1.29 is 14.6 Å². The summed E-state index contributed by atoms with van der Waals surface area (Å²) in [5.41, 5.74) is 3.17. The van der Waals surface area contributed by atoms with E-state index in [4.69, 9.17) is 4.74 Å². The molecule has 2 atom stereocenters. The van der Waals surface area contributed by atoms with E-state index < -0.39 is 12.3 Å². The molecule has 0 radical (unpaired) electrons. The second-order valence-electron chi connectivity index (χ2n) is 6.81. The van der Waals surface area contributed by atoms with Crippen LogP contribution in [-0.2, 0) is 4.79 Å². The van der Waals surface area contributed by atoms with Crippen LogP contribution >= 0.6 is 0 Å². The van der Waals surface area contributed by atoms with E-state index in [1.807, 2.05) is 54.7 Å². The molecule has 3 aromatic rings. The number of aromatic amines is 1. The number of carbonyl (C=O) groups is 1. The number of methoxy groups -OCH3 is 1. The van der Waals surface area contributed by atoms with Crippen LogP contribution < -0.4 is 10.1 Å². The number of amides is 1. The lowest BCUT2D eigenvalue weighted by Gasteiger charge is -2.31. The zero-order chi connectivity index (χ0) is 20.4. The molecule has 29 heavy (non-hydrogen) atoms. The first-order chi connectivity index (χ1) is 14.0. The normalized spacial score (nSPS) is 17.1. The first kappa shape index (κ1) is 18.8. The Labute approximate surface area is 168 Å². The highest BCUT2D eigenvalue weighted by atomic mass is 16.5. The van der Waals surface area contributed by atoms with Gasteiger partial charge in [-0.05, 0) is 55.5 Å². The van der Waals surface area contributed by atoms with Gasteiger partial charge in [-0.25, -0.2) is 0 Å². The zero-order valence-electron chi connectivity index (χ0n) is 16.2. The van der Waals surface area contributed by atoms with E-state index in [1.165, 1.54) is 5.01 Å². The minimum Gasteiger partial charge on any atom is -0.497 e. The highest BCUT2D eigenvalue weighted by molar-refractivity contribution is 6.09. The van der Waals surface area contributed by atoms with E-state index >= 15 is 0 Å². The van der Waals surface area contributed by atoms with Crippen molar-refractivity contribution in [3.8, 4) is 5.75 Å². The first-order valence-corrected chi connectivity index (χ1v) is 9.31. The third-order valence-electron chi connectivity index (χ3n) is 4.88. The Balaban J connectivity index is 1.53. The van der Waals surface area contributed by atoms with E-state index in [-0.39, 0.29) is 5.91 Å². The summed E-state index contributed by atoms with van der Waals surface area (Å²) in [4.78, 5) is 15.9. The summed E-state index contributed by atoms with van der Waals surface area (Å²) < 4.78 is 5.26. The number of aliphatic hydroxyl groups is 1. The van der Waals surface area contributed by atoms with Gasteiger partial charge in [0.25, 0.3) is 0 Å². The van der Waals surface area contributed by atoms with Gasteiger partial charge in [0, 0.05) is 28.4 Å². The Bertz CT molecular complexity index is 1100. The van der Waals surface area contributed by atoms with Crippen molar-refractivity contribution in [3.63, 3.8) is 0 Å². The first-order valence-electron chi connectivity index (χ1n) is 9.31. The highest BCUT2D eigenvalue weighted by Gasteiger charge is 2.27. The van der Waals surface area contributed by atoms with Crippen LogP contribution in [0.25, 0.3) is 10.9 Å². The Kier molecular flexibility index (Phi) is 5.05. The summed E-state index contributed by atoms with van der Waals surface area (Å²) in [5.74, 6) is 0.449. The summed E-state index contributed by atoms with van der Waals surface area (Å²) in [6, 6.07) is 14.4. The molecule has 0 spiro atoms. The van der Waals surface area contributed by atoms with Crippen LogP contribution in [0.4, 0.5) is 5.69 Å². The van der Waals surface area contributed by atoms with Gasteiger partial charge in [-0.15, -0.1) is 0 Å². The van der Waals surface area contributed by atoms with Gasteiger partial charge in [-0.3, -0.25) is 9.80 Å². The monoisotopic (exact) mass is 390 g/mol. The number of hydrazone groups is 1. The van der Waals surface area contributed by atoms with Gasteiger partial charge in [-0.2, -0.15) is 5.10 Å². The lowest BCUT2D eigenvalue weighted by Crippen LogP contribution is -2.45. The maximum atomic E-state index is 12.8. The Morgan fingerprint density at radius 2 is 2.14 bits per heavy atom. The minimum atomic E-state index is -0.989. The van der Waals surface area contributed by atoms with Crippen molar-refractivity contribution in [2.24, 2.45) is 5.10 Å². The van der Waals surface area contributed by atoms with Crippen molar-refractivity contribution >= 4 is 28.2 Å². The average Bonchev–Trinajstić information content (AvgIpc) is 3.21. The van der Waals surface area contributed by atoms with Gasteiger partial charge in [0.2, 0.25) is 5.91 Å². The number of nitrogens with one attached hydrogen (secondary N) is 2. The molecule has 2 unspecified atom stereocenters. The van der Waals surface area contributed by atoms with Crippen molar-refractivity contribution in [1.29, 1.82) is 0 Å². The van der Waals surface area contributed by atoms with E-state index in [0.717, 1.165) is 16.5 Å². The van der Waals surface area contributed by atoms with Crippen LogP contribution in [0.1, 0.15) is 12.5 Å². The zero-order valence-corrected chi connectivity index (χ0v) is 16.2. The molecule has 2 aromatic carbocycles. The van der Waals surface area contributed by atoms with Gasteiger partial charge < -0.3 is 20.1 Å². The van der Waals surface area contributed by atoms with E-state index in [2.05, 4.69) is 15.4 Å². The maximum absolute atomic E-state index is 12.8. The largest absolute Gasteiger partial charge is 0.497 e. The summed E-state index contributed by atoms with van der Waals surface area (Å²) in [6.45, 7) is 1.71. The van der Waals surface area contributed by atoms with Gasteiger partial charge in [0.1, 0.15) is 11.8 Å². The maximum Gasteiger partial charge on any atom is 0.248 e. The van der Waals surface area contributed by atoms with Gasteiger partial charge in [0.15, 0.2) is 6.23 Å². The van der Waals surface area contributed by atoms with E-state index in [9.17, 15) is 9.90 Å². The summed E-state index contributed by atoms with van der Waals surface area (Å²) in [7, 11) is 1.60. The Morgan fingerprint density at radius 1 is 1.28 bits per heavy atom. The lowest BCUT2D eigenvalue weighted by atomic mass is 10.1. The number of aromatic nitrogens is 1. The fourth-order valence-corrected chi connectivity index (χ4v) is 3.23. The standard InChI is InChI=1S/C22H22N4O3/c1-14(22(28)24-17-6-7-19-16(12-17)10-11-23-19)26-21(27)9-8-20(25-26)15-4-3-5-18(13-15)29-2/h3-14,21,23,27H,1-2H3,(H,24,28). The Hall–Kier alpha value is -3.58. The smallest absolute Gasteiger partial charge is 0.248 e. The lowest BCUT2D eigenvalue weighted by molar-refractivity contribution is -0.124. The van der Waals surface area contributed by atoms with Crippen LogP contribution in [0, 0.1) is 0 Å². The van der Waals surface area contributed by atoms with Crippen molar-refractivity contribution in [2.75, 3.05) is 12.4 Å². The van der Waals surface area contributed by atoms with Crippen LogP contribution in [0.2, 0.25) is 0 Å². The molecule has 7 nitrogen and oxygen atoms in total. The molecule has 1 amide bonds. The van der Waals surface area contributed by atoms with E-state index in [1.54, 1.807) is 26.2 Å². The number of fused-ring (bicyclic) bond motifs is 1. The number of carbonyl (C=O) groups excluding carboxylic acids is 1. The number of anilines is 1. The van der Waals surface area contributed by atoms with Gasteiger partial charge >= 0.3 is 0 Å². The average molecular weight is 390 g/mol. The molecule has 0 aliphatic carbocycles. The fourth-order valence-electron chi connectivity index (χ4n) is 3.23. The molecule has 4 rings (SSSR count). The molecule has 2 heterocycles. The highest BCUT2D eigenvalue weighted by Crippen LogP contribution is 2.21. The number of hydrogen-bond donors (Lipinski definition) is 3. The second kappa shape index (κ2) is 7.81. The molecule has 0 saturated heterocycles. The fraction of sp³-hybridized carbons (Fsp3) is 0.182. The number of benzene rings is 2. The van der Waals surface area contributed by atoms with Crippen LogP contribution in [0.5, 0.6) is 5.75 Å². The second-order valence-corrected chi connectivity index (χ2v) is 6.81. The van der Waals surface area contributed by atoms with Crippen molar-refractivity contribution in [2.45, 2.75) is 19.2 Å². The summed E-state index contributed by atoms with van der Waals surface area (Å²) in [5, 5.41) is 20.2. The SMILES string of the molecule is COc1cccc(C2=NN(C(C)C(=O)Nc3ccc4[nH]ccc4c3)C(O)C=C2)c1. The molecular formula is C22H22N4O3. The number of rotatable bonds is 5. The van der Waals surface area contributed by atoms with E-state index in [0.29, 0.717) is 17.1 Å². The number of aliphatic hydroxyl groups excluding tert-OH is 1. The number of allylic oxidation sites excluding steroid dienone is 1. The number of ether oxygens (including phenoxy) is 1. The predicted molar refractivity (Wildman–Crippen MR) is 113 cm³/mol. The van der Waals surface area contributed by atoms with Gasteiger partial charge in [-0.1, -0.05) is 12.1 Å². The Morgan fingerprint density at radius 3 is 2.97 bits per heavy atom. The predicted octanol–water partition coefficient (Wildman–Crippen LogP) is 3.10. The summed E-state index contributed by atoms with van der Waals surface area (Å²) in [6.07, 6.45) is 4.21. The molecule has 3 N–H and O–H groups in total. The van der Waals surface area contributed by atoms with Crippen molar-refractivity contribution in [1.82, 2.24) is 9.99 Å². The quantitative estimate of drug-likeness (QED) is 0.624. The molecule has 1 aliphatic rings. The number of H-pyrrole nitrogens is 1. The molecule has 0 fully saturated rings. The summed E-state index contributed by atoms with van der Waals surface area (Å²) >= 11 is 0. The molecule has 148 valence electrons. The number of nitrogens with zero attached hydrogens (tertiary/aromatic N) is 2. The van der Waals surface area contributed by atoms with Crippen LogP contribution in [-0.4, -0.2) is 46.1 Å². The molecule has 0 saturated carbocycles. The van der Waals surface area contributed by atoms with Crippen LogP contribution in [0.15, 0.2) is 72.0 Å². The molecule has 1 aromatic heterocycles.